The summed E-state index contributed by atoms with van der Waals surface area (Å²) in [4.78, 5) is 0. The van der Waals surface area contributed by atoms with Gasteiger partial charge in [0.2, 0.25) is 0 Å². The quantitative estimate of drug-likeness (QED) is 0.747. The van der Waals surface area contributed by atoms with E-state index in [0.717, 1.165) is 31.6 Å². The molecule has 1 aromatic rings. The summed E-state index contributed by atoms with van der Waals surface area (Å²) in [6.45, 7) is 9.36. The predicted molar refractivity (Wildman–Crippen MR) is 78.3 cm³/mol. The van der Waals surface area contributed by atoms with Crippen LogP contribution in [0.1, 0.15) is 49.8 Å². The van der Waals surface area contributed by atoms with E-state index in [1.807, 2.05) is 0 Å². The molecule has 0 saturated heterocycles. The highest BCUT2D eigenvalue weighted by molar-refractivity contribution is 5.43. The first-order chi connectivity index (χ1) is 8.58. The van der Waals surface area contributed by atoms with Crippen molar-refractivity contribution >= 4 is 0 Å². The zero-order valence-electron chi connectivity index (χ0n) is 12.3. The van der Waals surface area contributed by atoms with E-state index >= 15 is 0 Å². The number of hydrogen-bond donors (Lipinski definition) is 1. The Labute approximate surface area is 112 Å². The highest BCUT2D eigenvalue weighted by Gasteiger charge is 2.08. The van der Waals surface area contributed by atoms with Gasteiger partial charge in [-0.05, 0) is 49.8 Å². The Bertz CT molecular complexity index is 350. The molecule has 0 saturated carbocycles. The molecule has 0 heterocycles. The van der Waals surface area contributed by atoms with Gasteiger partial charge in [0, 0.05) is 6.04 Å². The molecule has 0 aliphatic rings. The van der Waals surface area contributed by atoms with Crippen molar-refractivity contribution < 1.29 is 4.74 Å². The van der Waals surface area contributed by atoms with E-state index in [4.69, 9.17) is 10.5 Å². The summed E-state index contributed by atoms with van der Waals surface area (Å²) < 4.78 is 5.86. The van der Waals surface area contributed by atoms with Gasteiger partial charge < -0.3 is 10.5 Å². The summed E-state index contributed by atoms with van der Waals surface area (Å²) in [5, 5.41) is 0. The first kappa shape index (κ1) is 15.0. The maximum atomic E-state index is 6.01. The lowest BCUT2D eigenvalue weighted by Gasteiger charge is -2.15. The van der Waals surface area contributed by atoms with Crippen molar-refractivity contribution in [2.24, 2.45) is 5.73 Å². The molecule has 1 atom stereocenters. The molecule has 2 nitrogen and oxygen atoms in total. The normalized spacial score (nSPS) is 12.5. The smallest absolute Gasteiger partial charge is 0.125 e. The Balaban J connectivity index is 2.77. The van der Waals surface area contributed by atoms with Crippen molar-refractivity contribution in [3.8, 4) is 5.75 Å². The number of ether oxygens (including phenoxy) is 1. The number of nitrogens with two attached hydrogens (primary N) is 1. The fourth-order valence-electron chi connectivity index (χ4n) is 2.15. The van der Waals surface area contributed by atoms with Gasteiger partial charge in [-0.1, -0.05) is 32.4 Å². The molecule has 18 heavy (non-hydrogen) atoms. The van der Waals surface area contributed by atoms with Crippen LogP contribution in [0.25, 0.3) is 0 Å². The lowest BCUT2D eigenvalue weighted by atomic mass is 9.99. The van der Waals surface area contributed by atoms with Crippen LogP contribution in [-0.4, -0.2) is 12.6 Å². The van der Waals surface area contributed by atoms with Crippen molar-refractivity contribution in [3.05, 3.63) is 28.8 Å². The summed E-state index contributed by atoms with van der Waals surface area (Å²) >= 11 is 0. The van der Waals surface area contributed by atoms with Gasteiger partial charge in [-0.3, -0.25) is 0 Å². The Morgan fingerprint density at radius 3 is 2.28 bits per heavy atom. The largest absolute Gasteiger partial charge is 0.493 e. The third kappa shape index (κ3) is 4.34. The molecule has 1 rings (SSSR count). The SMILES string of the molecule is CCCCOc1c(C)cc(CC(N)CC)cc1C. The Kier molecular flexibility index (Phi) is 6.20. The van der Waals surface area contributed by atoms with Crippen LogP contribution in [0.2, 0.25) is 0 Å². The van der Waals surface area contributed by atoms with Crippen molar-refractivity contribution in [2.75, 3.05) is 6.61 Å². The second-order valence-electron chi connectivity index (χ2n) is 5.13. The van der Waals surface area contributed by atoms with Gasteiger partial charge in [0.15, 0.2) is 0 Å². The van der Waals surface area contributed by atoms with Gasteiger partial charge >= 0.3 is 0 Å². The van der Waals surface area contributed by atoms with Crippen LogP contribution in [0.4, 0.5) is 0 Å². The van der Waals surface area contributed by atoms with Gasteiger partial charge in [0.05, 0.1) is 6.61 Å². The van der Waals surface area contributed by atoms with Crippen molar-refractivity contribution in [2.45, 2.75) is 59.4 Å². The molecule has 2 heteroatoms. The molecule has 0 bridgehead atoms. The molecule has 0 fully saturated rings. The minimum Gasteiger partial charge on any atom is -0.493 e. The van der Waals surface area contributed by atoms with Gasteiger partial charge in [-0.25, -0.2) is 0 Å². The predicted octanol–water partition coefficient (Wildman–Crippen LogP) is 3.76. The minimum atomic E-state index is 0.260. The Morgan fingerprint density at radius 2 is 1.78 bits per heavy atom. The van der Waals surface area contributed by atoms with E-state index in [9.17, 15) is 0 Å². The zero-order valence-corrected chi connectivity index (χ0v) is 12.3. The van der Waals surface area contributed by atoms with Crippen LogP contribution in [0.5, 0.6) is 5.75 Å². The molecule has 0 amide bonds. The molecule has 0 aliphatic heterocycles. The maximum absolute atomic E-state index is 6.01. The Hall–Kier alpha value is -1.02. The summed E-state index contributed by atoms with van der Waals surface area (Å²) in [6, 6.07) is 4.68. The van der Waals surface area contributed by atoms with E-state index < -0.39 is 0 Å². The van der Waals surface area contributed by atoms with Crippen molar-refractivity contribution in [1.82, 2.24) is 0 Å². The van der Waals surface area contributed by atoms with Crippen LogP contribution in [0.3, 0.4) is 0 Å². The molecule has 102 valence electrons. The fraction of sp³-hybridized carbons (Fsp3) is 0.625. The van der Waals surface area contributed by atoms with Gasteiger partial charge in [-0.15, -0.1) is 0 Å². The second kappa shape index (κ2) is 7.42. The standard InChI is InChI=1S/C16H27NO/c1-5-7-8-18-16-12(3)9-14(10-13(16)4)11-15(17)6-2/h9-10,15H,5-8,11,17H2,1-4H3. The molecule has 0 spiro atoms. The molecule has 0 aromatic heterocycles. The van der Waals surface area contributed by atoms with Gasteiger partial charge in [0.25, 0.3) is 0 Å². The Morgan fingerprint density at radius 1 is 1.17 bits per heavy atom. The monoisotopic (exact) mass is 249 g/mol. The van der Waals surface area contributed by atoms with Crippen molar-refractivity contribution in [1.29, 1.82) is 0 Å². The zero-order chi connectivity index (χ0) is 13.5. The number of benzene rings is 1. The molecule has 1 aromatic carbocycles. The third-order valence-corrected chi connectivity index (χ3v) is 3.29. The number of unbranched alkanes of at least 4 members (excludes halogenated alkanes) is 1. The molecule has 0 radical (unpaired) electrons. The number of aryl methyl sites for hydroxylation is 2. The summed E-state index contributed by atoms with van der Waals surface area (Å²) in [5.74, 6) is 1.05. The summed E-state index contributed by atoms with van der Waals surface area (Å²) in [5.41, 5.74) is 9.78. The highest BCUT2D eigenvalue weighted by Crippen LogP contribution is 2.25. The third-order valence-electron chi connectivity index (χ3n) is 3.29. The maximum Gasteiger partial charge on any atom is 0.125 e. The van der Waals surface area contributed by atoms with Crippen molar-refractivity contribution in [3.63, 3.8) is 0 Å². The minimum absolute atomic E-state index is 0.260. The van der Waals surface area contributed by atoms with E-state index in [-0.39, 0.29) is 6.04 Å². The average Bonchev–Trinajstić information content (AvgIpc) is 2.32. The molecular formula is C16H27NO. The van der Waals surface area contributed by atoms with Crippen LogP contribution in [0, 0.1) is 13.8 Å². The molecule has 2 N–H and O–H groups in total. The molecule has 0 aliphatic carbocycles. The van der Waals surface area contributed by atoms with Crippen LogP contribution in [0.15, 0.2) is 12.1 Å². The van der Waals surface area contributed by atoms with Crippen LogP contribution >= 0.6 is 0 Å². The van der Waals surface area contributed by atoms with Gasteiger partial charge in [-0.2, -0.15) is 0 Å². The lowest BCUT2D eigenvalue weighted by Crippen LogP contribution is -2.21. The van der Waals surface area contributed by atoms with E-state index in [0.29, 0.717) is 0 Å². The highest BCUT2D eigenvalue weighted by atomic mass is 16.5. The van der Waals surface area contributed by atoms with E-state index in [2.05, 4.69) is 39.8 Å². The second-order valence-corrected chi connectivity index (χ2v) is 5.13. The van der Waals surface area contributed by atoms with E-state index in [1.54, 1.807) is 0 Å². The number of rotatable bonds is 7. The van der Waals surface area contributed by atoms with Gasteiger partial charge in [0.1, 0.15) is 5.75 Å². The van der Waals surface area contributed by atoms with Crippen LogP contribution in [-0.2, 0) is 6.42 Å². The van der Waals surface area contributed by atoms with E-state index in [1.165, 1.54) is 23.1 Å². The van der Waals surface area contributed by atoms with Crippen LogP contribution < -0.4 is 10.5 Å². The number of hydrogen-bond acceptors (Lipinski definition) is 2. The average molecular weight is 249 g/mol. The first-order valence-electron chi connectivity index (χ1n) is 7.07. The molecular weight excluding hydrogens is 222 g/mol. The topological polar surface area (TPSA) is 35.2 Å². The summed E-state index contributed by atoms with van der Waals surface area (Å²) in [7, 11) is 0. The lowest BCUT2D eigenvalue weighted by molar-refractivity contribution is 0.305. The first-order valence-corrected chi connectivity index (χ1v) is 7.07. The summed E-state index contributed by atoms with van der Waals surface area (Å²) in [6.07, 6.45) is 4.25. The fourth-order valence-corrected chi connectivity index (χ4v) is 2.15. The molecule has 1 unspecified atom stereocenters.